The molecule has 0 radical (unpaired) electrons. The molecule has 23 heavy (non-hydrogen) atoms. The predicted molar refractivity (Wildman–Crippen MR) is 83.1 cm³/mol. The molecule has 4 aromatic rings. The van der Waals surface area contributed by atoms with Crippen LogP contribution in [0, 0.1) is 0 Å². The SMILES string of the molecule is O=S(=O)(NCc1nnc2ccccn12)c1c[nH]c2ncccc12. The summed E-state index contributed by atoms with van der Waals surface area (Å²) < 4.78 is 29.3. The van der Waals surface area contributed by atoms with E-state index < -0.39 is 10.0 Å². The molecule has 4 heterocycles. The summed E-state index contributed by atoms with van der Waals surface area (Å²) in [5, 5.41) is 8.55. The van der Waals surface area contributed by atoms with Crippen LogP contribution in [-0.2, 0) is 16.6 Å². The highest BCUT2D eigenvalue weighted by molar-refractivity contribution is 7.89. The van der Waals surface area contributed by atoms with Gasteiger partial charge in [0.1, 0.15) is 10.5 Å². The van der Waals surface area contributed by atoms with E-state index in [0.717, 1.165) is 0 Å². The molecule has 0 aromatic carbocycles. The zero-order valence-corrected chi connectivity index (χ0v) is 12.7. The molecule has 0 unspecified atom stereocenters. The quantitative estimate of drug-likeness (QED) is 0.583. The first-order valence-corrected chi connectivity index (χ1v) is 8.34. The van der Waals surface area contributed by atoms with E-state index in [1.165, 1.54) is 6.20 Å². The van der Waals surface area contributed by atoms with Gasteiger partial charge in [-0.05, 0) is 24.3 Å². The molecule has 0 amide bonds. The van der Waals surface area contributed by atoms with Crippen LogP contribution in [0.3, 0.4) is 0 Å². The van der Waals surface area contributed by atoms with Gasteiger partial charge in [-0.2, -0.15) is 0 Å². The largest absolute Gasteiger partial charge is 0.345 e. The average molecular weight is 328 g/mol. The van der Waals surface area contributed by atoms with Gasteiger partial charge in [0.05, 0.1) is 6.54 Å². The number of hydrogen-bond donors (Lipinski definition) is 2. The van der Waals surface area contributed by atoms with E-state index in [2.05, 4.69) is 24.9 Å². The van der Waals surface area contributed by atoms with E-state index in [1.54, 1.807) is 35.0 Å². The number of nitrogens with zero attached hydrogens (tertiary/aromatic N) is 4. The number of nitrogens with one attached hydrogen (secondary N) is 2. The van der Waals surface area contributed by atoms with Crippen LogP contribution in [0.5, 0.6) is 0 Å². The Morgan fingerprint density at radius 1 is 1.17 bits per heavy atom. The minimum atomic E-state index is -3.69. The lowest BCUT2D eigenvalue weighted by molar-refractivity contribution is 0.579. The van der Waals surface area contributed by atoms with Crippen molar-refractivity contribution < 1.29 is 8.42 Å². The van der Waals surface area contributed by atoms with Crippen LogP contribution < -0.4 is 4.72 Å². The van der Waals surface area contributed by atoms with Gasteiger partial charge in [0, 0.05) is 24.0 Å². The number of sulfonamides is 1. The molecular weight excluding hydrogens is 316 g/mol. The van der Waals surface area contributed by atoms with Crippen molar-refractivity contribution in [3.63, 3.8) is 0 Å². The molecule has 4 rings (SSSR count). The van der Waals surface area contributed by atoms with Gasteiger partial charge in [-0.1, -0.05) is 6.07 Å². The number of hydrogen-bond acceptors (Lipinski definition) is 5. The molecule has 0 bridgehead atoms. The van der Waals surface area contributed by atoms with Crippen LogP contribution in [0.2, 0.25) is 0 Å². The maximum Gasteiger partial charge on any atom is 0.243 e. The summed E-state index contributed by atoms with van der Waals surface area (Å²) in [5.41, 5.74) is 1.19. The molecule has 0 fully saturated rings. The molecule has 2 N–H and O–H groups in total. The second-order valence-electron chi connectivity index (χ2n) is 4.92. The lowest BCUT2D eigenvalue weighted by Crippen LogP contribution is -2.24. The third-order valence-corrected chi connectivity index (χ3v) is 4.95. The van der Waals surface area contributed by atoms with Crippen LogP contribution in [0.15, 0.2) is 53.8 Å². The fraction of sp³-hybridized carbons (Fsp3) is 0.0714. The summed E-state index contributed by atoms with van der Waals surface area (Å²) in [4.78, 5) is 7.11. The Labute approximate surface area is 131 Å². The highest BCUT2D eigenvalue weighted by Crippen LogP contribution is 2.20. The minimum Gasteiger partial charge on any atom is -0.345 e. The summed E-state index contributed by atoms with van der Waals surface area (Å²) >= 11 is 0. The highest BCUT2D eigenvalue weighted by atomic mass is 32.2. The highest BCUT2D eigenvalue weighted by Gasteiger charge is 2.20. The Morgan fingerprint density at radius 2 is 2.09 bits per heavy atom. The second-order valence-corrected chi connectivity index (χ2v) is 6.66. The van der Waals surface area contributed by atoms with E-state index >= 15 is 0 Å². The maximum absolute atomic E-state index is 12.5. The summed E-state index contributed by atoms with van der Waals surface area (Å²) in [7, 11) is -3.69. The first-order chi connectivity index (χ1) is 11.1. The Balaban J connectivity index is 1.65. The van der Waals surface area contributed by atoms with E-state index in [9.17, 15) is 8.42 Å². The van der Waals surface area contributed by atoms with Gasteiger partial charge in [0.2, 0.25) is 10.0 Å². The molecule has 0 aliphatic rings. The zero-order chi connectivity index (χ0) is 15.9. The summed E-state index contributed by atoms with van der Waals surface area (Å²) in [6.45, 7) is 0.0421. The predicted octanol–water partition coefficient (Wildman–Crippen LogP) is 1.08. The van der Waals surface area contributed by atoms with Crippen molar-refractivity contribution in [1.82, 2.24) is 29.3 Å². The maximum atomic E-state index is 12.5. The number of rotatable bonds is 4. The fourth-order valence-electron chi connectivity index (χ4n) is 2.40. The number of aromatic amines is 1. The molecule has 0 aliphatic carbocycles. The van der Waals surface area contributed by atoms with Crippen molar-refractivity contribution in [2.24, 2.45) is 0 Å². The summed E-state index contributed by atoms with van der Waals surface area (Å²) in [6, 6.07) is 8.88. The van der Waals surface area contributed by atoms with Crippen molar-refractivity contribution in [1.29, 1.82) is 0 Å². The molecule has 8 nitrogen and oxygen atoms in total. The van der Waals surface area contributed by atoms with Crippen LogP contribution in [0.25, 0.3) is 16.7 Å². The average Bonchev–Trinajstić information content (AvgIpc) is 3.17. The molecular formula is C14H12N6O2S. The first-order valence-electron chi connectivity index (χ1n) is 6.85. The number of aromatic nitrogens is 5. The lowest BCUT2D eigenvalue weighted by atomic mass is 10.3. The molecule has 0 atom stereocenters. The monoisotopic (exact) mass is 328 g/mol. The Hall–Kier alpha value is -2.78. The number of H-pyrrole nitrogens is 1. The molecule has 9 heteroatoms. The van der Waals surface area contributed by atoms with Crippen LogP contribution in [-0.4, -0.2) is 33.0 Å². The van der Waals surface area contributed by atoms with Crippen molar-refractivity contribution in [3.8, 4) is 0 Å². The van der Waals surface area contributed by atoms with Gasteiger partial charge < -0.3 is 4.98 Å². The second kappa shape index (κ2) is 5.14. The molecule has 0 spiro atoms. The molecule has 0 aliphatic heterocycles. The van der Waals surface area contributed by atoms with E-state index in [4.69, 9.17) is 0 Å². The standard InChI is InChI=1S/C14H12N6O2S/c21-23(22,11-8-16-14-10(11)4-3-6-15-14)17-9-13-19-18-12-5-1-2-7-20(12)13/h1-8,17H,9H2,(H,15,16). The van der Waals surface area contributed by atoms with Crippen molar-refractivity contribution in [2.45, 2.75) is 11.4 Å². The Bertz CT molecular complexity index is 1100. The first kappa shape index (κ1) is 13.9. The molecule has 116 valence electrons. The zero-order valence-electron chi connectivity index (χ0n) is 11.8. The van der Waals surface area contributed by atoms with Gasteiger partial charge in [-0.15, -0.1) is 10.2 Å². The topological polar surface area (TPSA) is 105 Å². The molecule has 4 aromatic heterocycles. The van der Waals surface area contributed by atoms with Crippen LogP contribution in [0.1, 0.15) is 5.82 Å². The van der Waals surface area contributed by atoms with Gasteiger partial charge >= 0.3 is 0 Å². The summed E-state index contributed by atoms with van der Waals surface area (Å²) in [6.07, 6.45) is 4.82. The lowest BCUT2D eigenvalue weighted by Gasteiger charge is -2.04. The summed E-state index contributed by atoms with van der Waals surface area (Å²) in [5.74, 6) is 0.516. The number of fused-ring (bicyclic) bond motifs is 2. The Kier molecular flexibility index (Phi) is 3.10. The van der Waals surface area contributed by atoms with E-state index in [-0.39, 0.29) is 11.4 Å². The third-order valence-electron chi connectivity index (χ3n) is 3.51. The van der Waals surface area contributed by atoms with Gasteiger partial charge in [0.15, 0.2) is 11.5 Å². The smallest absolute Gasteiger partial charge is 0.243 e. The van der Waals surface area contributed by atoms with Crippen molar-refractivity contribution >= 4 is 26.7 Å². The van der Waals surface area contributed by atoms with Gasteiger partial charge in [-0.3, -0.25) is 4.40 Å². The number of pyridine rings is 2. The normalized spacial score (nSPS) is 12.2. The van der Waals surface area contributed by atoms with E-state index in [0.29, 0.717) is 22.5 Å². The third kappa shape index (κ3) is 2.35. The molecule has 0 saturated heterocycles. The van der Waals surface area contributed by atoms with Crippen molar-refractivity contribution in [3.05, 3.63) is 54.7 Å². The molecule has 0 saturated carbocycles. The van der Waals surface area contributed by atoms with Gasteiger partial charge in [0.25, 0.3) is 0 Å². The van der Waals surface area contributed by atoms with Crippen LogP contribution >= 0.6 is 0 Å². The minimum absolute atomic E-state index is 0.0421. The fourth-order valence-corrected chi connectivity index (χ4v) is 3.54. The van der Waals surface area contributed by atoms with Crippen LogP contribution in [0.4, 0.5) is 0 Å². The van der Waals surface area contributed by atoms with Crippen molar-refractivity contribution in [2.75, 3.05) is 0 Å². The van der Waals surface area contributed by atoms with Gasteiger partial charge in [-0.25, -0.2) is 18.1 Å². The van der Waals surface area contributed by atoms with E-state index in [1.807, 2.05) is 12.1 Å². The Morgan fingerprint density at radius 3 is 3.00 bits per heavy atom.